The van der Waals surface area contributed by atoms with Gasteiger partial charge in [-0.2, -0.15) is 0 Å². The van der Waals surface area contributed by atoms with Gasteiger partial charge >= 0.3 is 0 Å². The third kappa shape index (κ3) is 1.80. The highest BCUT2D eigenvalue weighted by Gasteiger charge is 2.39. The van der Waals surface area contributed by atoms with E-state index in [1.807, 2.05) is 0 Å². The second-order valence-electron chi connectivity index (χ2n) is 5.86. The molecule has 2 atom stereocenters. The van der Waals surface area contributed by atoms with Crippen LogP contribution in [0, 0.1) is 0 Å². The second kappa shape index (κ2) is 4.20. The van der Waals surface area contributed by atoms with Crippen molar-refractivity contribution in [2.45, 2.75) is 44.3 Å². The van der Waals surface area contributed by atoms with Crippen LogP contribution in [0.2, 0.25) is 0 Å². The Hall–Kier alpha value is -1.61. The molecule has 1 aromatic heterocycles. The smallest absolute Gasteiger partial charge is 0.136 e. The Morgan fingerprint density at radius 2 is 1.89 bits per heavy atom. The van der Waals surface area contributed by atoms with E-state index in [1.165, 1.54) is 29.3 Å². The molecule has 0 radical (unpaired) electrons. The third-order valence-electron chi connectivity index (χ3n) is 4.73. The van der Waals surface area contributed by atoms with E-state index in [-0.39, 0.29) is 0 Å². The summed E-state index contributed by atoms with van der Waals surface area (Å²) in [5.41, 5.74) is 2.57. The Bertz CT molecular complexity index is 614. The van der Waals surface area contributed by atoms with Crippen LogP contribution in [0.3, 0.4) is 0 Å². The fourth-order valence-corrected chi connectivity index (χ4v) is 3.78. The number of Topliss-reactive ketones (excluding diaryl/α,β-unsaturated/α-hetero) is 1. The zero-order valence-corrected chi connectivity index (χ0v) is 10.9. The molecule has 2 saturated heterocycles. The zero-order valence-electron chi connectivity index (χ0n) is 10.9. The van der Waals surface area contributed by atoms with Crippen LogP contribution >= 0.6 is 0 Å². The molecular weight excluding hydrogens is 236 g/mol. The molecule has 3 heteroatoms. The maximum Gasteiger partial charge on any atom is 0.136 e. The molecule has 3 nitrogen and oxygen atoms in total. The largest absolute Gasteiger partial charge is 0.361 e. The number of hydrogen-bond acceptors (Lipinski definition) is 2. The first-order chi connectivity index (χ1) is 9.31. The lowest BCUT2D eigenvalue weighted by molar-refractivity contribution is -0.123. The van der Waals surface area contributed by atoms with E-state index in [0.29, 0.717) is 17.9 Å². The van der Waals surface area contributed by atoms with Crippen LogP contribution in [-0.4, -0.2) is 27.8 Å². The molecule has 1 N–H and O–H groups in total. The van der Waals surface area contributed by atoms with Crippen LogP contribution in [0.5, 0.6) is 0 Å². The number of ketones is 1. The first-order valence-electron chi connectivity index (χ1n) is 7.14. The number of piperidine rings is 1. The van der Waals surface area contributed by atoms with Gasteiger partial charge in [0, 0.05) is 48.6 Å². The molecular formula is C16H18N2O. The van der Waals surface area contributed by atoms with Gasteiger partial charge in [0.15, 0.2) is 0 Å². The minimum atomic E-state index is 0.461. The molecule has 2 aromatic rings. The molecule has 2 bridgehead atoms. The van der Waals surface area contributed by atoms with Crippen molar-refractivity contribution in [2.75, 3.05) is 0 Å². The summed E-state index contributed by atoms with van der Waals surface area (Å²) in [6, 6.07) is 9.42. The fraction of sp³-hybridized carbons (Fsp3) is 0.438. The lowest BCUT2D eigenvalue weighted by atomic mass is 10.0. The number of aromatic nitrogens is 1. The maximum atomic E-state index is 11.7. The van der Waals surface area contributed by atoms with E-state index in [4.69, 9.17) is 0 Å². The molecule has 2 unspecified atom stereocenters. The van der Waals surface area contributed by atoms with Crippen molar-refractivity contribution in [3.05, 3.63) is 36.0 Å². The molecule has 2 fully saturated rings. The standard InChI is InChI=1S/C16H18N2O/c19-14-7-12-5-6-13(8-14)18(12)10-11-9-17-16-4-2-1-3-15(11)16/h1-4,9,12-13,17H,5-8,10H2. The van der Waals surface area contributed by atoms with Crippen LogP contribution in [0.15, 0.2) is 30.5 Å². The first kappa shape index (κ1) is 11.2. The molecule has 2 aliphatic heterocycles. The number of para-hydroxylation sites is 1. The van der Waals surface area contributed by atoms with Gasteiger partial charge in [-0.05, 0) is 24.5 Å². The SMILES string of the molecule is O=C1CC2CCC(C1)N2Cc1c[nH]c2ccccc12. The van der Waals surface area contributed by atoms with Crippen molar-refractivity contribution in [3.63, 3.8) is 0 Å². The van der Waals surface area contributed by atoms with Crippen molar-refractivity contribution in [1.29, 1.82) is 0 Å². The van der Waals surface area contributed by atoms with Crippen molar-refractivity contribution >= 4 is 16.7 Å². The summed E-state index contributed by atoms with van der Waals surface area (Å²) < 4.78 is 0. The van der Waals surface area contributed by atoms with Gasteiger partial charge in [-0.25, -0.2) is 0 Å². The Morgan fingerprint density at radius 1 is 1.16 bits per heavy atom. The summed E-state index contributed by atoms with van der Waals surface area (Å²) in [6.45, 7) is 0.979. The summed E-state index contributed by atoms with van der Waals surface area (Å²) in [4.78, 5) is 17.5. The summed E-state index contributed by atoms with van der Waals surface area (Å²) in [5, 5.41) is 1.32. The van der Waals surface area contributed by atoms with E-state index < -0.39 is 0 Å². The van der Waals surface area contributed by atoms with Gasteiger partial charge in [0.05, 0.1) is 0 Å². The highest BCUT2D eigenvalue weighted by atomic mass is 16.1. The number of fused-ring (bicyclic) bond motifs is 3. The summed E-state index contributed by atoms with van der Waals surface area (Å²) in [7, 11) is 0. The van der Waals surface area contributed by atoms with Crippen molar-refractivity contribution in [3.8, 4) is 0 Å². The van der Waals surface area contributed by atoms with Crippen molar-refractivity contribution in [1.82, 2.24) is 9.88 Å². The number of hydrogen-bond donors (Lipinski definition) is 1. The Balaban J connectivity index is 1.63. The van der Waals surface area contributed by atoms with Crippen molar-refractivity contribution < 1.29 is 4.79 Å². The van der Waals surface area contributed by atoms with Gasteiger partial charge in [0.2, 0.25) is 0 Å². The average molecular weight is 254 g/mol. The third-order valence-corrected chi connectivity index (χ3v) is 4.73. The van der Waals surface area contributed by atoms with E-state index in [0.717, 1.165) is 19.4 Å². The molecule has 0 amide bonds. The molecule has 0 saturated carbocycles. The van der Waals surface area contributed by atoms with Crippen molar-refractivity contribution in [2.24, 2.45) is 0 Å². The monoisotopic (exact) mass is 254 g/mol. The summed E-state index contributed by atoms with van der Waals surface area (Å²) in [5.74, 6) is 0.461. The number of carbonyl (C=O) groups is 1. The van der Waals surface area contributed by atoms with Crippen LogP contribution in [0.4, 0.5) is 0 Å². The molecule has 0 aliphatic carbocycles. The highest BCUT2D eigenvalue weighted by molar-refractivity contribution is 5.83. The van der Waals surface area contributed by atoms with E-state index in [2.05, 4.69) is 40.3 Å². The fourth-order valence-electron chi connectivity index (χ4n) is 3.78. The predicted molar refractivity (Wildman–Crippen MR) is 74.9 cm³/mol. The Morgan fingerprint density at radius 3 is 2.68 bits per heavy atom. The van der Waals surface area contributed by atoms with Gasteiger partial charge < -0.3 is 4.98 Å². The van der Waals surface area contributed by atoms with Crippen LogP contribution < -0.4 is 0 Å². The first-order valence-corrected chi connectivity index (χ1v) is 7.14. The van der Waals surface area contributed by atoms with Gasteiger partial charge in [-0.15, -0.1) is 0 Å². The molecule has 98 valence electrons. The molecule has 0 spiro atoms. The molecule has 19 heavy (non-hydrogen) atoms. The van der Waals surface area contributed by atoms with Crippen LogP contribution in [-0.2, 0) is 11.3 Å². The minimum Gasteiger partial charge on any atom is -0.361 e. The van der Waals surface area contributed by atoms with Gasteiger partial charge in [-0.3, -0.25) is 9.69 Å². The van der Waals surface area contributed by atoms with Crippen LogP contribution in [0.25, 0.3) is 10.9 Å². The van der Waals surface area contributed by atoms with E-state index in [9.17, 15) is 4.79 Å². The zero-order chi connectivity index (χ0) is 12.8. The topological polar surface area (TPSA) is 36.1 Å². The normalized spacial score (nSPS) is 27.3. The van der Waals surface area contributed by atoms with Crippen LogP contribution in [0.1, 0.15) is 31.2 Å². The molecule has 4 rings (SSSR count). The quantitative estimate of drug-likeness (QED) is 0.894. The lowest BCUT2D eigenvalue weighted by Crippen LogP contribution is -2.42. The predicted octanol–water partition coefficient (Wildman–Crippen LogP) is 2.86. The number of H-pyrrole nitrogens is 1. The number of nitrogens with one attached hydrogen (secondary N) is 1. The number of nitrogens with zero attached hydrogens (tertiary/aromatic N) is 1. The van der Waals surface area contributed by atoms with Gasteiger partial charge in [0.25, 0.3) is 0 Å². The van der Waals surface area contributed by atoms with Gasteiger partial charge in [-0.1, -0.05) is 18.2 Å². The summed E-state index contributed by atoms with van der Waals surface area (Å²) >= 11 is 0. The Labute approximate surface area is 112 Å². The van der Waals surface area contributed by atoms with E-state index >= 15 is 0 Å². The average Bonchev–Trinajstić information content (AvgIpc) is 2.92. The molecule has 3 heterocycles. The number of aromatic amines is 1. The second-order valence-corrected chi connectivity index (χ2v) is 5.86. The number of carbonyl (C=O) groups excluding carboxylic acids is 1. The van der Waals surface area contributed by atoms with Gasteiger partial charge in [0.1, 0.15) is 5.78 Å². The summed E-state index contributed by atoms with van der Waals surface area (Å²) in [6.07, 6.45) is 6.04. The maximum absolute atomic E-state index is 11.7. The lowest BCUT2D eigenvalue weighted by Gasteiger charge is -2.33. The molecule has 1 aromatic carbocycles. The number of benzene rings is 1. The highest BCUT2D eigenvalue weighted by Crippen LogP contribution is 2.35. The number of rotatable bonds is 2. The van der Waals surface area contributed by atoms with E-state index in [1.54, 1.807) is 0 Å². The Kier molecular flexibility index (Phi) is 2.49. The molecule has 2 aliphatic rings. The minimum absolute atomic E-state index is 0.461.